The van der Waals surface area contributed by atoms with E-state index in [4.69, 9.17) is 18.0 Å². The predicted molar refractivity (Wildman–Crippen MR) is 80.9 cm³/mol. The van der Waals surface area contributed by atoms with E-state index < -0.39 is 0 Å². The third-order valence-electron chi connectivity index (χ3n) is 2.76. The van der Waals surface area contributed by atoms with Crippen molar-refractivity contribution in [2.75, 3.05) is 26.0 Å². The molecule has 0 aliphatic heterocycles. The van der Waals surface area contributed by atoms with Crippen LogP contribution >= 0.6 is 12.2 Å². The molecule has 3 N–H and O–H groups in total. The smallest absolute Gasteiger partial charge is 0.136 e. The lowest BCUT2D eigenvalue weighted by Crippen LogP contribution is -2.37. The molecule has 18 heavy (non-hydrogen) atoms. The topological polar surface area (TPSA) is 54.2 Å². The lowest BCUT2D eigenvalue weighted by atomic mass is 10.0. The second-order valence-corrected chi connectivity index (χ2v) is 5.46. The number of aromatic nitrogens is 1. The highest BCUT2D eigenvalue weighted by Crippen LogP contribution is 2.15. The van der Waals surface area contributed by atoms with Gasteiger partial charge in [0.1, 0.15) is 10.8 Å². The summed E-state index contributed by atoms with van der Waals surface area (Å²) in [6.07, 6.45) is 1.75. The molecule has 1 rings (SSSR count). The Morgan fingerprint density at radius 1 is 1.50 bits per heavy atom. The Labute approximate surface area is 115 Å². The van der Waals surface area contributed by atoms with E-state index in [0.717, 1.165) is 17.9 Å². The quantitative estimate of drug-likeness (QED) is 0.768. The molecule has 0 spiro atoms. The molecule has 0 aliphatic rings. The molecule has 0 fully saturated rings. The zero-order valence-electron chi connectivity index (χ0n) is 11.5. The fourth-order valence-corrected chi connectivity index (χ4v) is 1.88. The third kappa shape index (κ3) is 4.23. The average molecular weight is 266 g/mol. The van der Waals surface area contributed by atoms with Crippen molar-refractivity contribution in [3.8, 4) is 0 Å². The first-order chi connectivity index (χ1) is 8.41. The van der Waals surface area contributed by atoms with Crippen molar-refractivity contribution >= 4 is 23.0 Å². The maximum absolute atomic E-state index is 5.71. The number of likely N-dealkylation sites (N-methyl/N-ethyl adjacent to an activating group) is 1. The average Bonchev–Trinajstić information content (AvgIpc) is 2.27. The second-order valence-electron chi connectivity index (χ2n) is 5.02. The van der Waals surface area contributed by atoms with Crippen LogP contribution in [0.4, 0.5) is 5.82 Å². The fourth-order valence-electron chi connectivity index (χ4n) is 1.71. The van der Waals surface area contributed by atoms with Gasteiger partial charge in [0.2, 0.25) is 0 Å². The Morgan fingerprint density at radius 2 is 2.17 bits per heavy atom. The summed E-state index contributed by atoms with van der Waals surface area (Å²) in [4.78, 5) is 6.86. The SMILES string of the molecule is CC(C)C(CN(C)C)Nc1ncccc1C(N)=S. The van der Waals surface area contributed by atoms with Gasteiger partial charge in [-0.15, -0.1) is 0 Å². The third-order valence-corrected chi connectivity index (χ3v) is 2.98. The summed E-state index contributed by atoms with van der Waals surface area (Å²) in [7, 11) is 4.12. The maximum Gasteiger partial charge on any atom is 0.136 e. The van der Waals surface area contributed by atoms with Gasteiger partial charge in [-0.1, -0.05) is 26.1 Å². The molecule has 1 aromatic rings. The summed E-state index contributed by atoms with van der Waals surface area (Å²) in [5.41, 5.74) is 6.51. The molecule has 1 unspecified atom stereocenters. The van der Waals surface area contributed by atoms with Gasteiger partial charge in [0.05, 0.1) is 5.56 Å². The van der Waals surface area contributed by atoms with Crippen LogP contribution in [-0.2, 0) is 0 Å². The van der Waals surface area contributed by atoms with Crippen molar-refractivity contribution < 1.29 is 0 Å². The molecule has 0 amide bonds. The molecule has 0 aliphatic carbocycles. The molecule has 4 nitrogen and oxygen atoms in total. The minimum atomic E-state index is 0.308. The van der Waals surface area contributed by atoms with E-state index in [1.807, 2.05) is 12.1 Å². The first-order valence-corrected chi connectivity index (χ1v) is 6.48. The van der Waals surface area contributed by atoms with E-state index in [-0.39, 0.29) is 0 Å². The Morgan fingerprint density at radius 3 is 2.67 bits per heavy atom. The zero-order chi connectivity index (χ0) is 13.7. The predicted octanol–water partition coefficient (Wildman–Crippen LogP) is 1.71. The molecular formula is C13H22N4S. The van der Waals surface area contributed by atoms with Gasteiger partial charge < -0.3 is 16.0 Å². The number of hydrogen-bond donors (Lipinski definition) is 2. The van der Waals surface area contributed by atoms with Gasteiger partial charge in [0, 0.05) is 18.8 Å². The minimum absolute atomic E-state index is 0.308. The molecule has 0 bridgehead atoms. The van der Waals surface area contributed by atoms with Gasteiger partial charge >= 0.3 is 0 Å². The van der Waals surface area contributed by atoms with Gasteiger partial charge in [-0.25, -0.2) is 4.98 Å². The number of nitrogens with two attached hydrogens (primary N) is 1. The zero-order valence-corrected chi connectivity index (χ0v) is 12.3. The number of pyridine rings is 1. The lowest BCUT2D eigenvalue weighted by Gasteiger charge is -2.26. The van der Waals surface area contributed by atoms with Crippen molar-refractivity contribution in [3.63, 3.8) is 0 Å². The number of rotatable bonds is 6. The molecule has 1 heterocycles. The van der Waals surface area contributed by atoms with Gasteiger partial charge in [-0.3, -0.25) is 0 Å². The summed E-state index contributed by atoms with van der Waals surface area (Å²) in [5, 5.41) is 3.44. The van der Waals surface area contributed by atoms with Gasteiger partial charge in [0.15, 0.2) is 0 Å². The van der Waals surface area contributed by atoms with Crippen molar-refractivity contribution in [2.24, 2.45) is 11.7 Å². The first kappa shape index (κ1) is 14.9. The Bertz CT molecular complexity index is 404. The molecule has 0 saturated heterocycles. The van der Waals surface area contributed by atoms with Crippen molar-refractivity contribution in [3.05, 3.63) is 23.9 Å². The van der Waals surface area contributed by atoms with Crippen molar-refractivity contribution in [2.45, 2.75) is 19.9 Å². The first-order valence-electron chi connectivity index (χ1n) is 6.08. The van der Waals surface area contributed by atoms with E-state index in [1.54, 1.807) is 6.20 Å². The Kier molecular flexibility index (Phi) is 5.50. The second kappa shape index (κ2) is 6.66. The molecule has 100 valence electrons. The monoisotopic (exact) mass is 266 g/mol. The van der Waals surface area contributed by atoms with Crippen molar-refractivity contribution in [1.29, 1.82) is 0 Å². The minimum Gasteiger partial charge on any atom is -0.389 e. The van der Waals surface area contributed by atoms with Gasteiger partial charge in [-0.2, -0.15) is 0 Å². The lowest BCUT2D eigenvalue weighted by molar-refractivity contribution is 0.344. The van der Waals surface area contributed by atoms with Crippen LogP contribution in [0.3, 0.4) is 0 Å². The molecule has 0 saturated carbocycles. The van der Waals surface area contributed by atoms with E-state index in [0.29, 0.717) is 16.9 Å². The molecule has 0 radical (unpaired) electrons. The van der Waals surface area contributed by atoms with E-state index in [1.165, 1.54) is 0 Å². The highest BCUT2D eigenvalue weighted by Gasteiger charge is 2.16. The number of anilines is 1. The van der Waals surface area contributed by atoms with Crippen LogP contribution in [0.1, 0.15) is 19.4 Å². The van der Waals surface area contributed by atoms with E-state index >= 15 is 0 Å². The molecule has 0 aromatic carbocycles. The van der Waals surface area contributed by atoms with Crippen molar-refractivity contribution in [1.82, 2.24) is 9.88 Å². The highest BCUT2D eigenvalue weighted by atomic mass is 32.1. The standard InChI is InChI=1S/C13H22N4S/c1-9(2)11(8-17(3)4)16-13-10(12(14)18)6-5-7-15-13/h5-7,9,11H,8H2,1-4H3,(H2,14,18)(H,15,16). The summed E-state index contributed by atoms with van der Waals surface area (Å²) >= 11 is 5.04. The number of thiocarbonyl (C=S) groups is 1. The summed E-state index contributed by atoms with van der Waals surface area (Å²) in [6.45, 7) is 5.31. The van der Waals surface area contributed by atoms with Crippen LogP contribution in [0, 0.1) is 5.92 Å². The van der Waals surface area contributed by atoms with Crippen LogP contribution in [-0.4, -0.2) is 41.6 Å². The van der Waals surface area contributed by atoms with E-state index in [2.05, 4.69) is 43.1 Å². The van der Waals surface area contributed by atoms with Gasteiger partial charge in [-0.05, 0) is 32.1 Å². The summed E-state index contributed by atoms with van der Waals surface area (Å²) in [5.74, 6) is 1.26. The van der Waals surface area contributed by atoms with Crippen LogP contribution in [0.5, 0.6) is 0 Å². The largest absolute Gasteiger partial charge is 0.389 e. The molecule has 1 aromatic heterocycles. The normalized spacial score (nSPS) is 12.8. The van der Waals surface area contributed by atoms with Gasteiger partial charge in [0.25, 0.3) is 0 Å². The highest BCUT2D eigenvalue weighted by molar-refractivity contribution is 7.80. The van der Waals surface area contributed by atoms with Crippen LogP contribution in [0.2, 0.25) is 0 Å². The Hall–Kier alpha value is -1.20. The summed E-state index contributed by atoms with van der Waals surface area (Å²) in [6, 6.07) is 4.05. The Balaban J connectivity index is 2.90. The van der Waals surface area contributed by atoms with Crippen LogP contribution < -0.4 is 11.1 Å². The molecular weight excluding hydrogens is 244 g/mol. The molecule has 5 heteroatoms. The van der Waals surface area contributed by atoms with E-state index in [9.17, 15) is 0 Å². The van der Waals surface area contributed by atoms with Crippen LogP contribution in [0.25, 0.3) is 0 Å². The fraction of sp³-hybridized carbons (Fsp3) is 0.538. The summed E-state index contributed by atoms with van der Waals surface area (Å²) < 4.78 is 0. The number of nitrogens with one attached hydrogen (secondary N) is 1. The number of hydrogen-bond acceptors (Lipinski definition) is 4. The maximum atomic E-state index is 5.71. The number of nitrogens with zero attached hydrogens (tertiary/aromatic N) is 2. The van der Waals surface area contributed by atoms with Crippen LogP contribution in [0.15, 0.2) is 18.3 Å². The molecule has 1 atom stereocenters.